The first-order valence-corrected chi connectivity index (χ1v) is 8.55. The number of hydrogen-bond acceptors (Lipinski definition) is 3. The smallest absolute Gasteiger partial charge is 0.315 e. The molecule has 2 amide bonds. The fourth-order valence-electron chi connectivity index (χ4n) is 2.32. The molecule has 0 saturated carbocycles. The van der Waals surface area contributed by atoms with E-state index in [0.717, 1.165) is 17.1 Å². The number of nitrogens with one attached hydrogen (secondary N) is 2. The van der Waals surface area contributed by atoms with Crippen LogP contribution in [0.5, 0.6) is 11.5 Å². The van der Waals surface area contributed by atoms with Gasteiger partial charge in [0.2, 0.25) is 0 Å². The minimum absolute atomic E-state index is 0.0892. The quantitative estimate of drug-likeness (QED) is 0.717. The first-order chi connectivity index (χ1) is 12.1. The Hall–Kier alpha value is -2.69. The highest BCUT2D eigenvalue weighted by Gasteiger charge is 2.09. The Bertz CT molecular complexity index is 654. The average Bonchev–Trinajstić information content (AvgIpc) is 2.61. The monoisotopic (exact) mass is 342 g/mol. The van der Waals surface area contributed by atoms with E-state index in [0.29, 0.717) is 19.8 Å². The van der Waals surface area contributed by atoms with Crippen LogP contribution < -0.4 is 20.1 Å². The normalized spacial score (nSPS) is 11.5. The standard InChI is InChI=1S/C20H26N2O3/c1-4-24-18-11-7-17(8-12-18)16(3)22-20(23)21-13-14-25-19-9-5-15(2)6-10-19/h5-12,16H,4,13-14H2,1-3H3,(H2,21,22,23). The topological polar surface area (TPSA) is 59.6 Å². The molecule has 5 nitrogen and oxygen atoms in total. The van der Waals surface area contributed by atoms with Crippen molar-refractivity contribution in [2.45, 2.75) is 26.8 Å². The van der Waals surface area contributed by atoms with Gasteiger partial charge in [0.05, 0.1) is 19.2 Å². The number of hydrogen-bond donors (Lipinski definition) is 2. The van der Waals surface area contributed by atoms with Gasteiger partial charge in [-0.15, -0.1) is 0 Å². The van der Waals surface area contributed by atoms with Crippen LogP contribution in [0.25, 0.3) is 0 Å². The average molecular weight is 342 g/mol. The number of aryl methyl sites for hydroxylation is 1. The fraction of sp³-hybridized carbons (Fsp3) is 0.350. The molecule has 0 saturated heterocycles. The molecular weight excluding hydrogens is 316 g/mol. The largest absolute Gasteiger partial charge is 0.494 e. The second-order valence-electron chi connectivity index (χ2n) is 5.79. The summed E-state index contributed by atoms with van der Waals surface area (Å²) in [5.41, 5.74) is 2.21. The molecule has 0 aliphatic carbocycles. The van der Waals surface area contributed by atoms with E-state index in [1.165, 1.54) is 5.56 Å². The molecule has 1 unspecified atom stereocenters. The van der Waals surface area contributed by atoms with Crippen molar-refractivity contribution in [2.24, 2.45) is 0 Å². The summed E-state index contributed by atoms with van der Waals surface area (Å²) in [6.07, 6.45) is 0. The van der Waals surface area contributed by atoms with Gasteiger partial charge in [-0.3, -0.25) is 0 Å². The van der Waals surface area contributed by atoms with E-state index in [4.69, 9.17) is 9.47 Å². The highest BCUT2D eigenvalue weighted by atomic mass is 16.5. The van der Waals surface area contributed by atoms with Crippen molar-refractivity contribution in [3.8, 4) is 11.5 Å². The van der Waals surface area contributed by atoms with Crippen molar-refractivity contribution < 1.29 is 14.3 Å². The third-order valence-corrected chi connectivity index (χ3v) is 3.72. The lowest BCUT2D eigenvalue weighted by Crippen LogP contribution is -2.38. The number of urea groups is 1. The predicted molar refractivity (Wildman–Crippen MR) is 99.2 cm³/mol. The maximum Gasteiger partial charge on any atom is 0.315 e. The Kier molecular flexibility index (Phi) is 7.14. The van der Waals surface area contributed by atoms with Gasteiger partial charge in [0, 0.05) is 0 Å². The van der Waals surface area contributed by atoms with Crippen LogP contribution >= 0.6 is 0 Å². The molecule has 0 aromatic heterocycles. The second kappa shape index (κ2) is 9.57. The molecule has 2 aromatic carbocycles. The summed E-state index contributed by atoms with van der Waals surface area (Å²) in [5, 5.41) is 5.70. The predicted octanol–water partition coefficient (Wildman–Crippen LogP) is 3.83. The Morgan fingerprint density at radius 3 is 2.24 bits per heavy atom. The van der Waals surface area contributed by atoms with Gasteiger partial charge in [-0.2, -0.15) is 0 Å². The van der Waals surface area contributed by atoms with E-state index in [9.17, 15) is 4.79 Å². The van der Waals surface area contributed by atoms with Gasteiger partial charge in [-0.25, -0.2) is 4.79 Å². The molecule has 0 fully saturated rings. The minimum atomic E-state index is -0.214. The van der Waals surface area contributed by atoms with Crippen LogP contribution in [0.1, 0.15) is 31.0 Å². The summed E-state index contributed by atoms with van der Waals surface area (Å²) in [6, 6.07) is 15.2. The Morgan fingerprint density at radius 1 is 1.00 bits per heavy atom. The Labute approximate surface area is 149 Å². The number of carbonyl (C=O) groups is 1. The molecule has 2 rings (SSSR count). The van der Waals surface area contributed by atoms with E-state index in [-0.39, 0.29) is 12.1 Å². The molecule has 1 atom stereocenters. The lowest BCUT2D eigenvalue weighted by Gasteiger charge is -2.16. The highest BCUT2D eigenvalue weighted by Crippen LogP contribution is 2.17. The Morgan fingerprint density at radius 2 is 1.60 bits per heavy atom. The van der Waals surface area contributed by atoms with Crippen molar-refractivity contribution in [3.63, 3.8) is 0 Å². The summed E-state index contributed by atoms with van der Waals surface area (Å²) >= 11 is 0. The molecule has 0 bridgehead atoms. The summed E-state index contributed by atoms with van der Waals surface area (Å²) in [7, 11) is 0. The second-order valence-corrected chi connectivity index (χ2v) is 5.79. The number of carbonyl (C=O) groups excluding carboxylic acids is 1. The van der Waals surface area contributed by atoms with Crippen LogP contribution in [0.4, 0.5) is 4.79 Å². The molecular formula is C20H26N2O3. The van der Waals surface area contributed by atoms with E-state index < -0.39 is 0 Å². The highest BCUT2D eigenvalue weighted by molar-refractivity contribution is 5.74. The van der Waals surface area contributed by atoms with Crippen molar-refractivity contribution in [1.82, 2.24) is 10.6 Å². The number of amides is 2. The molecule has 0 heterocycles. The SMILES string of the molecule is CCOc1ccc(C(C)NC(=O)NCCOc2ccc(C)cc2)cc1. The Balaban J connectivity index is 1.69. The zero-order valence-electron chi connectivity index (χ0n) is 15.0. The van der Waals surface area contributed by atoms with Crippen molar-refractivity contribution in [1.29, 1.82) is 0 Å². The van der Waals surface area contributed by atoms with E-state index in [1.807, 2.05) is 69.3 Å². The zero-order valence-corrected chi connectivity index (χ0v) is 15.0. The van der Waals surface area contributed by atoms with Crippen LogP contribution in [-0.4, -0.2) is 25.8 Å². The van der Waals surface area contributed by atoms with Crippen LogP contribution in [0.2, 0.25) is 0 Å². The van der Waals surface area contributed by atoms with Crippen LogP contribution in [0.3, 0.4) is 0 Å². The van der Waals surface area contributed by atoms with Gasteiger partial charge >= 0.3 is 6.03 Å². The third-order valence-electron chi connectivity index (χ3n) is 3.72. The summed E-state index contributed by atoms with van der Waals surface area (Å²) in [6.45, 7) is 7.42. The van der Waals surface area contributed by atoms with Gasteiger partial charge in [0.25, 0.3) is 0 Å². The molecule has 0 radical (unpaired) electrons. The van der Waals surface area contributed by atoms with E-state index in [2.05, 4.69) is 10.6 Å². The lowest BCUT2D eigenvalue weighted by atomic mass is 10.1. The molecule has 2 N–H and O–H groups in total. The molecule has 0 spiro atoms. The summed E-state index contributed by atoms with van der Waals surface area (Å²) < 4.78 is 11.0. The molecule has 2 aromatic rings. The van der Waals surface area contributed by atoms with Gasteiger partial charge in [0.1, 0.15) is 18.1 Å². The number of benzene rings is 2. The van der Waals surface area contributed by atoms with Gasteiger partial charge in [-0.05, 0) is 50.6 Å². The molecule has 0 aliphatic heterocycles. The first-order valence-electron chi connectivity index (χ1n) is 8.55. The molecule has 0 aliphatic rings. The lowest BCUT2D eigenvalue weighted by molar-refractivity contribution is 0.233. The number of ether oxygens (including phenoxy) is 2. The van der Waals surface area contributed by atoms with Gasteiger partial charge < -0.3 is 20.1 Å². The fourth-order valence-corrected chi connectivity index (χ4v) is 2.32. The molecule has 5 heteroatoms. The molecule has 25 heavy (non-hydrogen) atoms. The van der Waals surface area contributed by atoms with Crippen molar-refractivity contribution in [3.05, 3.63) is 59.7 Å². The maximum absolute atomic E-state index is 11.9. The minimum Gasteiger partial charge on any atom is -0.494 e. The van der Waals surface area contributed by atoms with Crippen molar-refractivity contribution in [2.75, 3.05) is 19.8 Å². The summed E-state index contributed by atoms with van der Waals surface area (Å²) in [4.78, 5) is 11.9. The van der Waals surface area contributed by atoms with E-state index >= 15 is 0 Å². The summed E-state index contributed by atoms with van der Waals surface area (Å²) in [5.74, 6) is 1.63. The first kappa shape index (κ1) is 18.6. The van der Waals surface area contributed by atoms with Crippen LogP contribution in [0, 0.1) is 6.92 Å². The maximum atomic E-state index is 11.9. The van der Waals surface area contributed by atoms with Crippen LogP contribution in [-0.2, 0) is 0 Å². The van der Waals surface area contributed by atoms with Gasteiger partial charge in [-0.1, -0.05) is 29.8 Å². The van der Waals surface area contributed by atoms with Crippen molar-refractivity contribution >= 4 is 6.03 Å². The van der Waals surface area contributed by atoms with Gasteiger partial charge in [0.15, 0.2) is 0 Å². The third kappa shape index (κ3) is 6.37. The van der Waals surface area contributed by atoms with Crippen LogP contribution in [0.15, 0.2) is 48.5 Å². The number of rotatable bonds is 8. The zero-order chi connectivity index (χ0) is 18.1. The van der Waals surface area contributed by atoms with E-state index in [1.54, 1.807) is 0 Å². The molecule has 134 valence electrons.